The van der Waals surface area contributed by atoms with Gasteiger partial charge in [-0.3, -0.25) is 15.1 Å². The summed E-state index contributed by atoms with van der Waals surface area (Å²) in [5, 5.41) is 5.59. The monoisotopic (exact) mass is 345 g/mol. The minimum atomic E-state index is -0.253. The van der Waals surface area contributed by atoms with Crippen LogP contribution in [0.1, 0.15) is 10.4 Å². The number of methoxy groups -OCH3 is 1. The average molecular weight is 346 g/mol. The van der Waals surface area contributed by atoms with Crippen molar-refractivity contribution in [3.63, 3.8) is 0 Å². The lowest BCUT2D eigenvalue weighted by atomic mass is 10.1. The van der Waals surface area contributed by atoms with Gasteiger partial charge in [-0.05, 0) is 30.3 Å². The molecule has 2 heterocycles. The highest BCUT2D eigenvalue weighted by atomic mass is 35.5. The fourth-order valence-electron chi connectivity index (χ4n) is 2.07. The number of aromatic nitrogens is 2. The number of halogens is 1. The molecule has 0 saturated heterocycles. The Bertz CT molecular complexity index is 837. The molecule has 0 unspecified atom stereocenters. The highest BCUT2D eigenvalue weighted by molar-refractivity contribution is 7.13. The Morgan fingerprint density at radius 3 is 2.83 bits per heavy atom. The van der Waals surface area contributed by atoms with Crippen LogP contribution in [0.4, 0.5) is 5.13 Å². The first-order valence-corrected chi connectivity index (χ1v) is 7.94. The lowest BCUT2D eigenvalue weighted by Crippen LogP contribution is -2.11. The zero-order valence-corrected chi connectivity index (χ0v) is 13.7. The first-order chi connectivity index (χ1) is 11.2. The summed E-state index contributed by atoms with van der Waals surface area (Å²) in [6.07, 6.45) is 3.29. The zero-order chi connectivity index (χ0) is 16.2. The molecule has 7 heteroatoms. The fourth-order valence-corrected chi connectivity index (χ4v) is 2.81. The number of carbonyl (C=O) groups excluding carboxylic acids is 1. The van der Waals surface area contributed by atoms with Crippen LogP contribution in [-0.2, 0) is 0 Å². The minimum Gasteiger partial charge on any atom is -0.496 e. The predicted molar refractivity (Wildman–Crippen MR) is 91.3 cm³/mol. The van der Waals surface area contributed by atoms with Crippen molar-refractivity contribution >= 4 is 34.0 Å². The summed E-state index contributed by atoms with van der Waals surface area (Å²) >= 11 is 7.54. The topological polar surface area (TPSA) is 64.1 Å². The van der Waals surface area contributed by atoms with Crippen LogP contribution >= 0.6 is 22.9 Å². The van der Waals surface area contributed by atoms with E-state index in [4.69, 9.17) is 16.3 Å². The second-order valence-electron chi connectivity index (χ2n) is 4.54. The van der Waals surface area contributed by atoms with Gasteiger partial charge >= 0.3 is 0 Å². The molecule has 0 aliphatic rings. The Morgan fingerprint density at radius 1 is 1.26 bits per heavy atom. The Balaban J connectivity index is 1.94. The van der Waals surface area contributed by atoms with Gasteiger partial charge in [0.1, 0.15) is 5.75 Å². The van der Waals surface area contributed by atoms with Crippen LogP contribution in [-0.4, -0.2) is 23.0 Å². The first-order valence-electron chi connectivity index (χ1n) is 6.69. The molecule has 3 rings (SSSR count). The van der Waals surface area contributed by atoms with Gasteiger partial charge in [-0.25, -0.2) is 4.98 Å². The van der Waals surface area contributed by atoms with Crippen molar-refractivity contribution in [2.75, 3.05) is 12.4 Å². The summed E-state index contributed by atoms with van der Waals surface area (Å²) in [7, 11) is 1.54. The number of hydrogen-bond donors (Lipinski definition) is 1. The molecule has 1 N–H and O–H groups in total. The SMILES string of the molecule is COc1cc(C(=O)Nc2nccs2)ccc1-c1ncccc1Cl. The number of thiazole rings is 1. The van der Waals surface area contributed by atoms with Crippen LogP contribution in [0.25, 0.3) is 11.3 Å². The number of nitrogens with zero attached hydrogens (tertiary/aromatic N) is 2. The van der Waals surface area contributed by atoms with Gasteiger partial charge in [0, 0.05) is 28.9 Å². The van der Waals surface area contributed by atoms with Crippen molar-refractivity contribution in [2.24, 2.45) is 0 Å². The van der Waals surface area contributed by atoms with E-state index >= 15 is 0 Å². The molecule has 1 amide bonds. The number of nitrogens with one attached hydrogen (secondary N) is 1. The van der Waals surface area contributed by atoms with Gasteiger partial charge in [-0.15, -0.1) is 11.3 Å². The third-order valence-electron chi connectivity index (χ3n) is 3.13. The fraction of sp³-hybridized carbons (Fsp3) is 0.0625. The number of anilines is 1. The Morgan fingerprint density at radius 2 is 2.13 bits per heavy atom. The highest BCUT2D eigenvalue weighted by Gasteiger charge is 2.15. The molecule has 0 aliphatic heterocycles. The predicted octanol–water partition coefficient (Wildman–Crippen LogP) is 4.12. The normalized spacial score (nSPS) is 10.3. The maximum Gasteiger partial charge on any atom is 0.257 e. The van der Waals surface area contributed by atoms with Gasteiger partial charge in [0.25, 0.3) is 5.91 Å². The van der Waals surface area contributed by atoms with Crippen LogP contribution in [0.2, 0.25) is 5.02 Å². The number of amides is 1. The van der Waals surface area contributed by atoms with Crippen molar-refractivity contribution in [1.29, 1.82) is 0 Å². The number of ether oxygens (including phenoxy) is 1. The second kappa shape index (κ2) is 6.76. The number of carbonyl (C=O) groups is 1. The Hall–Kier alpha value is -2.44. The van der Waals surface area contributed by atoms with Crippen LogP contribution in [0.15, 0.2) is 48.1 Å². The quantitative estimate of drug-likeness (QED) is 0.772. The highest BCUT2D eigenvalue weighted by Crippen LogP contribution is 2.33. The summed E-state index contributed by atoms with van der Waals surface area (Å²) < 4.78 is 5.39. The Kier molecular flexibility index (Phi) is 4.55. The molecule has 116 valence electrons. The molecule has 0 spiro atoms. The zero-order valence-electron chi connectivity index (χ0n) is 12.1. The summed E-state index contributed by atoms with van der Waals surface area (Å²) in [5.41, 5.74) is 1.80. The second-order valence-corrected chi connectivity index (χ2v) is 5.84. The molecule has 3 aromatic rings. The van der Waals surface area contributed by atoms with Crippen molar-refractivity contribution in [3.05, 3.63) is 58.7 Å². The molecule has 0 atom stereocenters. The molecule has 0 radical (unpaired) electrons. The van der Waals surface area contributed by atoms with Crippen LogP contribution in [0.3, 0.4) is 0 Å². The van der Waals surface area contributed by atoms with Gasteiger partial charge < -0.3 is 4.74 Å². The standard InChI is InChI=1S/C16H12ClN3O2S/c1-22-13-9-10(15(21)20-16-19-7-8-23-16)4-5-11(13)14-12(17)3-2-6-18-14/h2-9H,1H3,(H,19,20,21). The van der Waals surface area contributed by atoms with E-state index in [1.54, 1.807) is 48.1 Å². The lowest BCUT2D eigenvalue weighted by Gasteiger charge is -2.11. The molecule has 0 bridgehead atoms. The van der Waals surface area contributed by atoms with Gasteiger partial charge in [-0.1, -0.05) is 11.6 Å². The number of rotatable bonds is 4. The molecule has 5 nitrogen and oxygen atoms in total. The van der Waals surface area contributed by atoms with Crippen molar-refractivity contribution in [1.82, 2.24) is 9.97 Å². The molecule has 0 fully saturated rings. The van der Waals surface area contributed by atoms with Crippen molar-refractivity contribution < 1.29 is 9.53 Å². The van der Waals surface area contributed by atoms with Crippen molar-refractivity contribution in [3.8, 4) is 17.0 Å². The van der Waals surface area contributed by atoms with E-state index in [0.717, 1.165) is 5.56 Å². The van der Waals surface area contributed by atoms with Crippen molar-refractivity contribution in [2.45, 2.75) is 0 Å². The van der Waals surface area contributed by atoms with Gasteiger partial charge in [0.05, 0.1) is 17.8 Å². The maximum absolute atomic E-state index is 12.3. The molecular weight excluding hydrogens is 334 g/mol. The summed E-state index contributed by atoms with van der Waals surface area (Å²) in [6.45, 7) is 0. The van der Waals surface area contributed by atoms with E-state index < -0.39 is 0 Å². The van der Waals surface area contributed by atoms with Crippen LogP contribution < -0.4 is 10.1 Å². The van der Waals surface area contributed by atoms with Crippen LogP contribution in [0, 0.1) is 0 Å². The van der Waals surface area contributed by atoms with E-state index in [1.807, 2.05) is 0 Å². The average Bonchev–Trinajstić information content (AvgIpc) is 3.08. The van der Waals surface area contributed by atoms with E-state index in [9.17, 15) is 4.79 Å². The minimum absolute atomic E-state index is 0.253. The third-order valence-corrected chi connectivity index (χ3v) is 4.12. The van der Waals surface area contributed by atoms with Gasteiger partial charge in [-0.2, -0.15) is 0 Å². The molecular formula is C16H12ClN3O2S. The van der Waals surface area contributed by atoms with Gasteiger partial charge in [0.15, 0.2) is 5.13 Å². The maximum atomic E-state index is 12.3. The number of pyridine rings is 1. The van der Waals surface area contributed by atoms with E-state index in [-0.39, 0.29) is 5.91 Å². The molecule has 0 saturated carbocycles. The Labute approximate surface area is 141 Å². The lowest BCUT2D eigenvalue weighted by molar-refractivity contribution is 0.102. The van der Waals surface area contributed by atoms with E-state index in [0.29, 0.717) is 27.2 Å². The van der Waals surface area contributed by atoms with Gasteiger partial charge in [0.2, 0.25) is 0 Å². The molecule has 1 aromatic carbocycles. The summed E-state index contributed by atoms with van der Waals surface area (Å²) in [4.78, 5) is 20.6. The van der Waals surface area contributed by atoms with E-state index in [2.05, 4.69) is 15.3 Å². The van der Waals surface area contributed by atoms with Crippen LogP contribution in [0.5, 0.6) is 5.75 Å². The summed E-state index contributed by atoms with van der Waals surface area (Å²) in [5.74, 6) is 0.273. The first kappa shape index (κ1) is 15.5. The molecule has 23 heavy (non-hydrogen) atoms. The van der Waals surface area contributed by atoms with E-state index in [1.165, 1.54) is 18.4 Å². The smallest absolute Gasteiger partial charge is 0.257 e. The number of hydrogen-bond acceptors (Lipinski definition) is 5. The summed E-state index contributed by atoms with van der Waals surface area (Å²) in [6, 6.07) is 8.64. The molecule has 2 aromatic heterocycles. The molecule has 0 aliphatic carbocycles. The number of benzene rings is 1. The largest absolute Gasteiger partial charge is 0.496 e. The third kappa shape index (κ3) is 3.33.